The van der Waals surface area contributed by atoms with E-state index in [9.17, 15) is 5.11 Å². The van der Waals surface area contributed by atoms with Crippen molar-refractivity contribution < 1.29 is 19.3 Å². The average Bonchev–Trinajstić information content (AvgIpc) is 3.44. The Labute approximate surface area is 252 Å². The number of hydrogen-bond acceptors (Lipinski definition) is 7. The molecule has 4 aromatic carbocycles. The van der Waals surface area contributed by atoms with E-state index in [-0.39, 0.29) is 11.9 Å². The zero-order valence-electron chi connectivity index (χ0n) is 24.5. The molecule has 1 N–H and O–H groups in total. The third-order valence-electron chi connectivity index (χ3n) is 7.58. The van der Waals surface area contributed by atoms with E-state index in [0.29, 0.717) is 38.0 Å². The number of morpholine rings is 1. The lowest BCUT2D eigenvalue weighted by molar-refractivity contribution is 0.122. The van der Waals surface area contributed by atoms with Gasteiger partial charge in [-0.25, -0.2) is 4.57 Å². The third kappa shape index (κ3) is 6.49. The molecule has 1 aliphatic heterocycles. The molecule has 0 radical (unpaired) electrons. The van der Waals surface area contributed by atoms with Gasteiger partial charge in [-0.15, -0.1) is 5.10 Å². The van der Waals surface area contributed by atoms with E-state index in [1.54, 1.807) is 4.57 Å². The molecule has 0 unspecified atom stereocenters. The molecule has 0 amide bonds. The molecular weight excluding hydrogens is 540 g/mol. The molecule has 1 aromatic heterocycles. The van der Waals surface area contributed by atoms with Crippen LogP contribution in [-0.2, 0) is 18.0 Å². The van der Waals surface area contributed by atoms with Gasteiger partial charge in [0.15, 0.2) is 5.82 Å². The quantitative estimate of drug-likeness (QED) is 0.197. The maximum absolute atomic E-state index is 10.9. The van der Waals surface area contributed by atoms with Crippen LogP contribution in [0.15, 0.2) is 97.1 Å². The van der Waals surface area contributed by atoms with E-state index in [1.807, 2.05) is 84.9 Å². The highest BCUT2D eigenvalue weighted by molar-refractivity contribution is 5.71. The van der Waals surface area contributed by atoms with E-state index in [0.717, 1.165) is 52.5 Å². The fourth-order valence-electron chi connectivity index (χ4n) is 5.24. The Balaban J connectivity index is 1.39. The summed E-state index contributed by atoms with van der Waals surface area (Å²) in [5, 5.41) is 19.4. The first kappa shape index (κ1) is 28.3. The summed E-state index contributed by atoms with van der Waals surface area (Å²) in [6.45, 7) is 8.19. The predicted molar refractivity (Wildman–Crippen MR) is 167 cm³/mol. The van der Waals surface area contributed by atoms with Crippen molar-refractivity contribution in [2.24, 2.45) is 0 Å². The number of ether oxygens (including phenoxy) is 3. The summed E-state index contributed by atoms with van der Waals surface area (Å²) in [5.74, 6) is 1.98. The summed E-state index contributed by atoms with van der Waals surface area (Å²) >= 11 is 0. The lowest BCUT2D eigenvalue weighted by atomic mass is 9.98. The minimum absolute atomic E-state index is 0.158. The van der Waals surface area contributed by atoms with Crippen molar-refractivity contribution >= 4 is 5.69 Å². The van der Waals surface area contributed by atoms with Crippen LogP contribution in [0.4, 0.5) is 5.69 Å². The van der Waals surface area contributed by atoms with E-state index in [2.05, 4.69) is 41.1 Å². The number of nitrogens with zero attached hydrogens (tertiary/aromatic N) is 4. The molecule has 0 spiro atoms. The van der Waals surface area contributed by atoms with Crippen molar-refractivity contribution in [1.29, 1.82) is 0 Å². The largest absolute Gasteiger partial charge is 0.488 e. The molecule has 6 rings (SSSR count). The predicted octanol–water partition coefficient (Wildman–Crippen LogP) is 6.76. The van der Waals surface area contributed by atoms with Crippen molar-refractivity contribution in [2.75, 3.05) is 31.2 Å². The van der Waals surface area contributed by atoms with Crippen molar-refractivity contribution in [3.05, 3.63) is 114 Å². The molecule has 0 bridgehead atoms. The van der Waals surface area contributed by atoms with Crippen LogP contribution in [0, 0.1) is 0 Å². The zero-order chi connectivity index (χ0) is 29.6. The molecule has 1 fully saturated rings. The second kappa shape index (κ2) is 13.0. The van der Waals surface area contributed by atoms with Crippen LogP contribution < -0.4 is 14.4 Å². The van der Waals surface area contributed by atoms with Crippen molar-refractivity contribution in [3.63, 3.8) is 0 Å². The van der Waals surface area contributed by atoms with Crippen molar-refractivity contribution in [2.45, 2.75) is 33.0 Å². The van der Waals surface area contributed by atoms with Gasteiger partial charge < -0.3 is 24.2 Å². The van der Waals surface area contributed by atoms with Crippen LogP contribution in [0.25, 0.3) is 17.1 Å². The molecule has 5 aromatic rings. The van der Waals surface area contributed by atoms with Gasteiger partial charge in [-0.1, -0.05) is 79.6 Å². The smallest absolute Gasteiger partial charge is 0.319 e. The van der Waals surface area contributed by atoms with Gasteiger partial charge >= 0.3 is 6.01 Å². The van der Waals surface area contributed by atoms with Gasteiger partial charge in [0.25, 0.3) is 0 Å². The second-order valence-electron chi connectivity index (χ2n) is 10.9. The highest BCUT2D eigenvalue weighted by atomic mass is 16.5. The minimum atomic E-state index is -0.196. The standard InChI is InChI=1S/C35H36N4O4/c1-25(2)30-21-31(34-36-37-35(40)39(34)29-15-13-28(14-16-29)38-17-19-41-20-18-38)33(43-24-27-11-7-4-8-12-27)22-32(30)42-23-26-9-5-3-6-10-26/h3-16,21-22,25H,17-20,23-24H2,1-2H3,(H,37,40). The number of hydrogen-bond donors (Lipinski definition) is 1. The first-order chi connectivity index (χ1) is 21.1. The van der Waals surface area contributed by atoms with Crippen LogP contribution in [-0.4, -0.2) is 46.2 Å². The molecule has 220 valence electrons. The molecule has 2 heterocycles. The molecule has 1 saturated heterocycles. The lowest BCUT2D eigenvalue weighted by Crippen LogP contribution is -2.36. The van der Waals surface area contributed by atoms with Crippen LogP contribution in [0.1, 0.15) is 36.5 Å². The van der Waals surface area contributed by atoms with E-state index in [4.69, 9.17) is 14.2 Å². The molecule has 0 aliphatic carbocycles. The maximum atomic E-state index is 10.9. The number of benzene rings is 4. The first-order valence-corrected chi connectivity index (χ1v) is 14.7. The summed E-state index contributed by atoms with van der Waals surface area (Å²) in [5.41, 5.74) is 5.70. The maximum Gasteiger partial charge on any atom is 0.319 e. The summed E-state index contributed by atoms with van der Waals surface area (Å²) < 4.78 is 20.0. The second-order valence-corrected chi connectivity index (χ2v) is 10.9. The van der Waals surface area contributed by atoms with Gasteiger partial charge in [0.1, 0.15) is 24.7 Å². The summed E-state index contributed by atoms with van der Waals surface area (Å²) in [7, 11) is 0. The fraction of sp³-hybridized carbons (Fsp3) is 0.257. The SMILES string of the molecule is CC(C)c1cc(-c2nnc(O)n2-c2ccc(N3CCOCC3)cc2)c(OCc2ccccc2)cc1OCc1ccccc1. The number of anilines is 1. The summed E-state index contributed by atoms with van der Waals surface area (Å²) in [4.78, 5) is 2.29. The highest BCUT2D eigenvalue weighted by Crippen LogP contribution is 2.41. The number of aromatic hydroxyl groups is 1. The van der Waals surface area contributed by atoms with E-state index < -0.39 is 0 Å². The van der Waals surface area contributed by atoms with Gasteiger partial charge in [-0.3, -0.25) is 0 Å². The van der Waals surface area contributed by atoms with Crippen molar-refractivity contribution in [3.8, 4) is 34.6 Å². The average molecular weight is 577 g/mol. The van der Waals surface area contributed by atoms with E-state index >= 15 is 0 Å². The number of rotatable bonds is 10. The Bertz CT molecular complexity index is 1630. The lowest BCUT2D eigenvalue weighted by Gasteiger charge is -2.29. The van der Waals surface area contributed by atoms with Crippen LogP contribution in [0.2, 0.25) is 0 Å². The van der Waals surface area contributed by atoms with Gasteiger partial charge in [0.05, 0.1) is 24.5 Å². The Morgan fingerprint density at radius 2 is 1.33 bits per heavy atom. The summed E-state index contributed by atoms with van der Waals surface area (Å²) in [6, 6.07) is 32.0. The Hall–Kier alpha value is -4.82. The topological polar surface area (TPSA) is 81.9 Å². The molecule has 0 atom stereocenters. The van der Waals surface area contributed by atoms with Gasteiger partial charge in [0, 0.05) is 24.8 Å². The van der Waals surface area contributed by atoms with Gasteiger partial charge in [0.2, 0.25) is 0 Å². The normalized spacial score (nSPS) is 13.3. The molecular formula is C35H36N4O4. The zero-order valence-corrected chi connectivity index (χ0v) is 24.5. The molecule has 43 heavy (non-hydrogen) atoms. The van der Waals surface area contributed by atoms with Crippen LogP contribution >= 0.6 is 0 Å². The molecule has 8 nitrogen and oxygen atoms in total. The Morgan fingerprint density at radius 3 is 1.93 bits per heavy atom. The first-order valence-electron chi connectivity index (χ1n) is 14.7. The monoisotopic (exact) mass is 576 g/mol. The Kier molecular flexibility index (Phi) is 8.56. The summed E-state index contributed by atoms with van der Waals surface area (Å²) in [6.07, 6.45) is 0. The Morgan fingerprint density at radius 1 is 0.744 bits per heavy atom. The van der Waals surface area contributed by atoms with Crippen LogP contribution in [0.3, 0.4) is 0 Å². The molecule has 8 heteroatoms. The minimum Gasteiger partial charge on any atom is -0.488 e. The highest BCUT2D eigenvalue weighted by Gasteiger charge is 2.23. The molecule has 0 saturated carbocycles. The van der Waals surface area contributed by atoms with Gasteiger partial charge in [-0.05, 0) is 52.9 Å². The van der Waals surface area contributed by atoms with Crippen LogP contribution in [0.5, 0.6) is 17.5 Å². The fourth-order valence-corrected chi connectivity index (χ4v) is 5.24. The number of aromatic nitrogens is 3. The van der Waals surface area contributed by atoms with E-state index in [1.165, 1.54) is 0 Å². The van der Waals surface area contributed by atoms with Gasteiger partial charge in [-0.2, -0.15) is 0 Å². The molecule has 1 aliphatic rings. The third-order valence-corrected chi connectivity index (χ3v) is 7.58. The van der Waals surface area contributed by atoms with Crippen molar-refractivity contribution in [1.82, 2.24) is 14.8 Å².